The van der Waals surface area contributed by atoms with Gasteiger partial charge in [0.05, 0.1) is 13.2 Å². The molecule has 0 bridgehead atoms. The molecule has 0 radical (unpaired) electrons. The van der Waals surface area contributed by atoms with E-state index >= 15 is 0 Å². The standard InChI is InChI=1S/C7H14O3/c1-4-6(2)10-5-7(8)9-3/h6H,4-5H2,1-3H3/t6-/m0/s1. The lowest BCUT2D eigenvalue weighted by atomic mass is 10.3. The van der Waals surface area contributed by atoms with Crippen molar-refractivity contribution in [3.05, 3.63) is 0 Å². The lowest BCUT2D eigenvalue weighted by molar-refractivity contribution is -0.147. The summed E-state index contributed by atoms with van der Waals surface area (Å²) < 4.78 is 9.45. The maximum Gasteiger partial charge on any atom is 0.331 e. The van der Waals surface area contributed by atoms with Crippen LogP contribution in [0.2, 0.25) is 0 Å². The normalized spacial score (nSPS) is 12.7. The second-order valence-electron chi connectivity index (χ2n) is 2.11. The van der Waals surface area contributed by atoms with Crippen LogP contribution in [0.5, 0.6) is 0 Å². The van der Waals surface area contributed by atoms with Crippen molar-refractivity contribution in [1.82, 2.24) is 0 Å². The van der Waals surface area contributed by atoms with Crippen LogP contribution in [0.1, 0.15) is 20.3 Å². The topological polar surface area (TPSA) is 35.5 Å². The molecule has 0 spiro atoms. The third-order valence-electron chi connectivity index (χ3n) is 1.29. The van der Waals surface area contributed by atoms with Crippen LogP contribution >= 0.6 is 0 Å². The summed E-state index contributed by atoms with van der Waals surface area (Å²) in [6.45, 7) is 3.98. The molecule has 0 N–H and O–H groups in total. The molecule has 1 atom stereocenters. The van der Waals surface area contributed by atoms with E-state index in [0.29, 0.717) is 0 Å². The van der Waals surface area contributed by atoms with Gasteiger partial charge in [-0.2, -0.15) is 0 Å². The van der Waals surface area contributed by atoms with Crippen molar-refractivity contribution >= 4 is 5.97 Å². The molecule has 0 aromatic heterocycles. The monoisotopic (exact) mass is 146 g/mol. The molecule has 60 valence electrons. The zero-order valence-corrected chi connectivity index (χ0v) is 6.72. The predicted molar refractivity (Wildman–Crippen MR) is 37.7 cm³/mol. The molecule has 0 amide bonds. The number of rotatable bonds is 4. The number of ether oxygens (including phenoxy) is 2. The largest absolute Gasteiger partial charge is 0.467 e. The fourth-order valence-corrected chi connectivity index (χ4v) is 0.387. The Morgan fingerprint density at radius 2 is 2.20 bits per heavy atom. The molecule has 0 aliphatic carbocycles. The number of carbonyl (C=O) groups is 1. The molecule has 0 aromatic rings. The summed E-state index contributed by atoms with van der Waals surface area (Å²) in [7, 11) is 1.35. The SMILES string of the molecule is CC[C@H](C)OCC(=O)OC. The Kier molecular flexibility index (Phi) is 4.94. The first-order chi connectivity index (χ1) is 4.70. The zero-order valence-electron chi connectivity index (χ0n) is 6.72. The van der Waals surface area contributed by atoms with E-state index in [1.807, 2.05) is 13.8 Å². The lowest BCUT2D eigenvalue weighted by Gasteiger charge is -2.07. The highest BCUT2D eigenvalue weighted by Crippen LogP contribution is 1.94. The molecule has 10 heavy (non-hydrogen) atoms. The smallest absolute Gasteiger partial charge is 0.331 e. The Hall–Kier alpha value is -0.570. The van der Waals surface area contributed by atoms with Gasteiger partial charge in [0.25, 0.3) is 0 Å². The summed E-state index contributed by atoms with van der Waals surface area (Å²) in [5.74, 6) is -0.319. The molecule has 0 aromatic carbocycles. The molecule has 0 unspecified atom stereocenters. The van der Waals surface area contributed by atoms with Crippen molar-refractivity contribution in [3.63, 3.8) is 0 Å². The molecule has 0 fully saturated rings. The van der Waals surface area contributed by atoms with E-state index in [4.69, 9.17) is 4.74 Å². The highest BCUT2D eigenvalue weighted by molar-refractivity contribution is 5.70. The van der Waals surface area contributed by atoms with Gasteiger partial charge in [-0.3, -0.25) is 0 Å². The molecule has 0 heterocycles. The Labute approximate surface area is 61.3 Å². The fourth-order valence-electron chi connectivity index (χ4n) is 0.387. The number of hydrogen-bond acceptors (Lipinski definition) is 3. The summed E-state index contributed by atoms with van der Waals surface area (Å²) in [5, 5.41) is 0. The van der Waals surface area contributed by atoms with Gasteiger partial charge in [-0.25, -0.2) is 4.79 Å². The number of esters is 1. The quantitative estimate of drug-likeness (QED) is 0.554. The van der Waals surface area contributed by atoms with Crippen molar-refractivity contribution in [2.24, 2.45) is 0 Å². The van der Waals surface area contributed by atoms with Crippen molar-refractivity contribution in [2.45, 2.75) is 26.4 Å². The second-order valence-corrected chi connectivity index (χ2v) is 2.11. The van der Waals surface area contributed by atoms with Crippen LogP contribution in [-0.4, -0.2) is 25.8 Å². The van der Waals surface area contributed by atoms with Crippen LogP contribution in [0, 0.1) is 0 Å². The van der Waals surface area contributed by atoms with Gasteiger partial charge in [-0.05, 0) is 13.3 Å². The van der Waals surface area contributed by atoms with Gasteiger partial charge >= 0.3 is 5.97 Å². The lowest BCUT2D eigenvalue weighted by Crippen LogP contribution is -2.15. The first-order valence-electron chi connectivity index (χ1n) is 3.39. The molecule has 0 saturated heterocycles. The first-order valence-corrected chi connectivity index (χ1v) is 3.39. The van der Waals surface area contributed by atoms with Gasteiger partial charge in [0, 0.05) is 0 Å². The molecule has 0 aliphatic rings. The van der Waals surface area contributed by atoms with E-state index in [0.717, 1.165) is 6.42 Å². The van der Waals surface area contributed by atoms with Crippen molar-refractivity contribution < 1.29 is 14.3 Å². The Morgan fingerprint density at radius 1 is 1.60 bits per heavy atom. The molecular weight excluding hydrogens is 132 g/mol. The summed E-state index contributed by atoms with van der Waals surface area (Å²) in [6, 6.07) is 0. The summed E-state index contributed by atoms with van der Waals surface area (Å²) in [6.07, 6.45) is 1.05. The maximum atomic E-state index is 10.5. The van der Waals surface area contributed by atoms with Crippen LogP contribution in [0.15, 0.2) is 0 Å². The number of carbonyl (C=O) groups excluding carboxylic acids is 1. The van der Waals surface area contributed by atoms with Crippen LogP contribution in [0.3, 0.4) is 0 Å². The fraction of sp³-hybridized carbons (Fsp3) is 0.857. The zero-order chi connectivity index (χ0) is 7.98. The Bertz CT molecular complexity index is 101. The highest BCUT2D eigenvalue weighted by atomic mass is 16.6. The molecular formula is C7H14O3. The Morgan fingerprint density at radius 3 is 2.60 bits per heavy atom. The van der Waals surface area contributed by atoms with E-state index in [1.165, 1.54) is 7.11 Å². The third kappa shape index (κ3) is 4.32. The first kappa shape index (κ1) is 9.43. The van der Waals surface area contributed by atoms with Crippen molar-refractivity contribution in [2.75, 3.05) is 13.7 Å². The van der Waals surface area contributed by atoms with Gasteiger partial charge < -0.3 is 9.47 Å². The molecule has 3 heteroatoms. The van der Waals surface area contributed by atoms with Crippen LogP contribution in [-0.2, 0) is 14.3 Å². The van der Waals surface area contributed by atoms with Crippen molar-refractivity contribution in [3.8, 4) is 0 Å². The van der Waals surface area contributed by atoms with E-state index < -0.39 is 0 Å². The average molecular weight is 146 g/mol. The minimum absolute atomic E-state index is 0.0610. The van der Waals surface area contributed by atoms with Gasteiger partial charge in [0.15, 0.2) is 0 Å². The number of hydrogen-bond donors (Lipinski definition) is 0. The number of methoxy groups -OCH3 is 1. The van der Waals surface area contributed by atoms with E-state index in [2.05, 4.69) is 4.74 Å². The van der Waals surface area contributed by atoms with Gasteiger partial charge in [0.1, 0.15) is 6.61 Å². The van der Waals surface area contributed by atoms with Crippen LogP contribution in [0.4, 0.5) is 0 Å². The van der Waals surface area contributed by atoms with E-state index in [-0.39, 0.29) is 18.7 Å². The molecule has 0 saturated carbocycles. The van der Waals surface area contributed by atoms with Crippen LogP contribution < -0.4 is 0 Å². The maximum absolute atomic E-state index is 10.5. The van der Waals surface area contributed by atoms with E-state index in [9.17, 15) is 4.79 Å². The highest BCUT2D eigenvalue weighted by Gasteiger charge is 2.03. The molecule has 0 aliphatic heterocycles. The van der Waals surface area contributed by atoms with Gasteiger partial charge in [-0.1, -0.05) is 6.92 Å². The summed E-state index contributed by atoms with van der Waals surface area (Å²) in [5.41, 5.74) is 0. The van der Waals surface area contributed by atoms with Crippen molar-refractivity contribution in [1.29, 1.82) is 0 Å². The Balaban J connectivity index is 3.26. The van der Waals surface area contributed by atoms with E-state index in [1.54, 1.807) is 0 Å². The van der Waals surface area contributed by atoms with Crippen LogP contribution in [0.25, 0.3) is 0 Å². The molecule has 3 nitrogen and oxygen atoms in total. The minimum Gasteiger partial charge on any atom is -0.467 e. The third-order valence-corrected chi connectivity index (χ3v) is 1.29. The summed E-state index contributed by atoms with van der Waals surface area (Å²) in [4.78, 5) is 10.5. The average Bonchev–Trinajstić information content (AvgIpc) is 1.99. The predicted octanol–water partition coefficient (Wildman–Crippen LogP) is 0.975. The second kappa shape index (κ2) is 5.23. The summed E-state index contributed by atoms with van der Waals surface area (Å²) >= 11 is 0. The molecule has 0 rings (SSSR count). The van der Waals surface area contributed by atoms with Gasteiger partial charge in [-0.15, -0.1) is 0 Å². The van der Waals surface area contributed by atoms with Gasteiger partial charge in [0.2, 0.25) is 0 Å². The minimum atomic E-state index is -0.319.